The number of nitrogens with zero attached hydrogens (tertiary/aromatic N) is 3. The summed E-state index contributed by atoms with van der Waals surface area (Å²) in [6, 6.07) is 1.87. The number of aromatic amines is 1. The van der Waals surface area contributed by atoms with Crippen LogP contribution in [-0.4, -0.2) is 42.5 Å². The molecule has 0 saturated carbocycles. The van der Waals surface area contributed by atoms with Gasteiger partial charge in [-0.15, -0.1) is 11.8 Å². The molecule has 7 heteroatoms. The topological polar surface area (TPSA) is 82.0 Å². The van der Waals surface area contributed by atoms with Gasteiger partial charge in [-0.3, -0.25) is 9.78 Å². The first kappa shape index (κ1) is 12.0. The second kappa shape index (κ2) is 5.21. The molecule has 0 aliphatic carbocycles. The first-order valence-corrected chi connectivity index (χ1v) is 6.40. The Labute approximate surface area is 103 Å². The summed E-state index contributed by atoms with van der Waals surface area (Å²) in [7, 11) is 0. The van der Waals surface area contributed by atoms with Gasteiger partial charge in [-0.1, -0.05) is 0 Å². The van der Waals surface area contributed by atoms with Gasteiger partial charge in [-0.2, -0.15) is 5.26 Å². The van der Waals surface area contributed by atoms with E-state index in [0.717, 1.165) is 0 Å². The lowest BCUT2D eigenvalue weighted by Crippen LogP contribution is -2.38. The van der Waals surface area contributed by atoms with Crippen LogP contribution < -0.4 is 10.5 Å². The molecule has 1 aromatic rings. The van der Waals surface area contributed by atoms with Crippen molar-refractivity contribution in [1.82, 2.24) is 9.97 Å². The predicted molar refractivity (Wildman–Crippen MR) is 64.4 cm³/mol. The largest absolute Gasteiger partial charge is 0.378 e. The van der Waals surface area contributed by atoms with Crippen LogP contribution >= 0.6 is 11.8 Å². The molecule has 0 amide bonds. The Bertz CT molecular complexity index is 502. The van der Waals surface area contributed by atoms with Crippen molar-refractivity contribution in [2.75, 3.05) is 37.5 Å². The van der Waals surface area contributed by atoms with Crippen molar-refractivity contribution in [3.8, 4) is 6.07 Å². The van der Waals surface area contributed by atoms with Gasteiger partial charge in [0, 0.05) is 13.1 Å². The number of morpholine rings is 1. The van der Waals surface area contributed by atoms with Crippen LogP contribution in [0.4, 0.5) is 5.95 Å². The number of rotatable bonds is 2. The molecular formula is C10H12N4O2S. The highest BCUT2D eigenvalue weighted by Gasteiger charge is 2.17. The highest BCUT2D eigenvalue weighted by atomic mass is 32.2. The number of aromatic nitrogens is 2. The van der Waals surface area contributed by atoms with Crippen LogP contribution in [0, 0.1) is 11.3 Å². The minimum absolute atomic E-state index is 0.0782. The van der Waals surface area contributed by atoms with E-state index in [9.17, 15) is 4.79 Å². The fourth-order valence-corrected chi connectivity index (χ4v) is 2.13. The van der Waals surface area contributed by atoms with Crippen molar-refractivity contribution in [3.05, 3.63) is 15.9 Å². The van der Waals surface area contributed by atoms with Gasteiger partial charge in [0.15, 0.2) is 0 Å². The molecule has 1 aliphatic heterocycles. The molecule has 1 fully saturated rings. The van der Waals surface area contributed by atoms with E-state index < -0.39 is 0 Å². The monoisotopic (exact) mass is 252 g/mol. The van der Waals surface area contributed by atoms with E-state index in [-0.39, 0.29) is 11.1 Å². The third-order valence-corrected chi connectivity index (χ3v) is 3.17. The summed E-state index contributed by atoms with van der Waals surface area (Å²) >= 11 is 1.30. The average Bonchev–Trinajstić information content (AvgIpc) is 2.38. The SMILES string of the molecule is CSc1nc(N2CCOCC2)[nH]c(=O)c1C#N. The van der Waals surface area contributed by atoms with Crippen molar-refractivity contribution < 1.29 is 4.74 Å². The van der Waals surface area contributed by atoms with Gasteiger partial charge >= 0.3 is 0 Å². The zero-order valence-electron chi connectivity index (χ0n) is 9.39. The second-order valence-electron chi connectivity index (χ2n) is 3.49. The van der Waals surface area contributed by atoms with Gasteiger partial charge < -0.3 is 9.64 Å². The van der Waals surface area contributed by atoms with Crippen molar-refractivity contribution in [3.63, 3.8) is 0 Å². The zero-order valence-corrected chi connectivity index (χ0v) is 10.2. The standard InChI is InChI=1S/C10H12N4O2S/c1-17-9-7(6-11)8(15)12-10(13-9)14-2-4-16-5-3-14/h2-5H2,1H3,(H,12,13,15). The van der Waals surface area contributed by atoms with Crippen LogP contribution in [0.25, 0.3) is 0 Å². The van der Waals surface area contributed by atoms with Gasteiger partial charge in [0.05, 0.1) is 13.2 Å². The maximum atomic E-state index is 11.7. The number of H-pyrrole nitrogens is 1. The van der Waals surface area contributed by atoms with Gasteiger partial charge in [-0.25, -0.2) is 4.98 Å². The molecule has 90 valence electrons. The molecule has 0 aromatic carbocycles. The molecule has 17 heavy (non-hydrogen) atoms. The van der Waals surface area contributed by atoms with Gasteiger partial charge in [0.2, 0.25) is 5.95 Å². The minimum atomic E-state index is -0.381. The summed E-state index contributed by atoms with van der Waals surface area (Å²) in [4.78, 5) is 20.6. The maximum absolute atomic E-state index is 11.7. The lowest BCUT2D eigenvalue weighted by atomic mass is 10.4. The van der Waals surface area contributed by atoms with Gasteiger partial charge in [0.1, 0.15) is 16.7 Å². The fourth-order valence-electron chi connectivity index (χ4n) is 1.61. The van der Waals surface area contributed by atoms with Crippen molar-refractivity contribution in [2.45, 2.75) is 5.03 Å². The predicted octanol–water partition coefficient (Wildman–Crippen LogP) is 0.200. The molecule has 1 aliphatic rings. The molecule has 2 heterocycles. The second-order valence-corrected chi connectivity index (χ2v) is 4.28. The van der Waals surface area contributed by atoms with Crippen LogP contribution in [0.2, 0.25) is 0 Å². The third kappa shape index (κ3) is 2.43. The Morgan fingerprint density at radius 3 is 2.82 bits per heavy atom. The molecule has 0 unspecified atom stereocenters. The molecule has 6 nitrogen and oxygen atoms in total. The molecule has 0 atom stereocenters. The van der Waals surface area contributed by atoms with E-state index >= 15 is 0 Å². The number of hydrogen-bond donors (Lipinski definition) is 1. The van der Waals surface area contributed by atoms with Crippen LogP contribution in [0.5, 0.6) is 0 Å². The molecule has 1 saturated heterocycles. The normalized spacial score (nSPS) is 15.6. The van der Waals surface area contributed by atoms with E-state index in [4.69, 9.17) is 10.00 Å². The van der Waals surface area contributed by atoms with Crippen LogP contribution in [0.15, 0.2) is 9.82 Å². The Balaban J connectivity index is 2.39. The fraction of sp³-hybridized carbons (Fsp3) is 0.500. The van der Waals surface area contributed by atoms with E-state index in [2.05, 4.69) is 9.97 Å². The third-order valence-electron chi connectivity index (χ3n) is 2.49. The summed E-state index contributed by atoms with van der Waals surface area (Å²) in [5.74, 6) is 0.515. The molecule has 1 aromatic heterocycles. The summed E-state index contributed by atoms with van der Waals surface area (Å²) in [5, 5.41) is 9.34. The summed E-state index contributed by atoms with van der Waals surface area (Å²) in [5.41, 5.74) is -0.303. The first-order chi connectivity index (χ1) is 8.26. The molecular weight excluding hydrogens is 240 g/mol. The Morgan fingerprint density at radius 2 is 2.24 bits per heavy atom. The van der Waals surface area contributed by atoms with Crippen LogP contribution in [-0.2, 0) is 4.74 Å². The highest BCUT2D eigenvalue weighted by Crippen LogP contribution is 2.17. The smallest absolute Gasteiger partial charge is 0.271 e. The van der Waals surface area contributed by atoms with E-state index in [0.29, 0.717) is 37.3 Å². The zero-order chi connectivity index (χ0) is 12.3. The van der Waals surface area contributed by atoms with E-state index in [1.165, 1.54) is 11.8 Å². The molecule has 0 spiro atoms. The summed E-state index contributed by atoms with van der Waals surface area (Å²) in [6.07, 6.45) is 1.80. The lowest BCUT2D eigenvalue weighted by Gasteiger charge is -2.27. The van der Waals surface area contributed by atoms with Gasteiger partial charge in [0.25, 0.3) is 5.56 Å². The van der Waals surface area contributed by atoms with Crippen LogP contribution in [0.1, 0.15) is 5.56 Å². The Kier molecular flexibility index (Phi) is 3.66. The summed E-state index contributed by atoms with van der Waals surface area (Å²) < 4.78 is 5.23. The molecule has 0 radical (unpaired) electrons. The van der Waals surface area contributed by atoms with E-state index in [1.54, 1.807) is 6.26 Å². The quantitative estimate of drug-likeness (QED) is 0.598. The number of nitrogens with one attached hydrogen (secondary N) is 1. The molecule has 2 rings (SSSR count). The highest BCUT2D eigenvalue weighted by molar-refractivity contribution is 7.98. The van der Waals surface area contributed by atoms with Crippen molar-refractivity contribution in [1.29, 1.82) is 5.26 Å². The number of nitriles is 1. The number of hydrogen-bond acceptors (Lipinski definition) is 6. The summed E-state index contributed by atoms with van der Waals surface area (Å²) in [6.45, 7) is 2.64. The maximum Gasteiger partial charge on any atom is 0.271 e. The first-order valence-electron chi connectivity index (χ1n) is 5.17. The van der Waals surface area contributed by atoms with E-state index in [1.807, 2.05) is 11.0 Å². The molecule has 0 bridgehead atoms. The Morgan fingerprint density at radius 1 is 1.53 bits per heavy atom. The Hall–Kier alpha value is -1.52. The minimum Gasteiger partial charge on any atom is -0.378 e. The number of anilines is 1. The molecule has 1 N–H and O–H groups in total. The van der Waals surface area contributed by atoms with Crippen LogP contribution in [0.3, 0.4) is 0 Å². The number of ether oxygens (including phenoxy) is 1. The van der Waals surface area contributed by atoms with Crippen molar-refractivity contribution in [2.24, 2.45) is 0 Å². The number of thioether (sulfide) groups is 1. The average molecular weight is 252 g/mol. The van der Waals surface area contributed by atoms with Gasteiger partial charge in [-0.05, 0) is 6.26 Å². The van der Waals surface area contributed by atoms with Crippen molar-refractivity contribution >= 4 is 17.7 Å². The lowest BCUT2D eigenvalue weighted by molar-refractivity contribution is 0.122.